The van der Waals surface area contributed by atoms with Crippen LogP contribution in [0.5, 0.6) is 11.5 Å². The smallest absolute Gasteiger partial charge is 0.201 e. The van der Waals surface area contributed by atoms with Gasteiger partial charge < -0.3 is 10.2 Å². The lowest BCUT2D eigenvalue weighted by atomic mass is 9.73. The number of rotatable bonds is 1. The molecule has 2 aliphatic rings. The van der Waals surface area contributed by atoms with Crippen LogP contribution in [0.25, 0.3) is 0 Å². The van der Waals surface area contributed by atoms with E-state index in [1.807, 2.05) is 6.92 Å². The fourth-order valence-corrected chi connectivity index (χ4v) is 3.92. The van der Waals surface area contributed by atoms with Crippen LogP contribution in [-0.2, 0) is 6.42 Å². The molecule has 1 atom stereocenters. The first kappa shape index (κ1) is 15.6. The van der Waals surface area contributed by atoms with E-state index in [2.05, 4.69) is 0 Å². The van der Waals surface area contributed by atoms with Gasteiger partial charge in [-0.3, -0.25) is 14.4 Å². The minimum atomic E-state index is -0.631. The van der Waals surface area contributed by atoms with E-state index in [1.165, 1.54) is 24.3 Å². The first-order chi connectivity index (χ1) is 11.9. The molecule has 2 aliphatic carbocycles. The summed E-state index contributed by atoms with van der Waals surface area (Å²) < 4.78 is 0. The van der Waals surface area contributed by atoms with Gasteiger partial charge in [-0.05, 0) is 30.0 Å². The first-order valence-corrected chi connectivity index (χ1v) is 8.27. The lowest BCUT2D eigenvalue weighted by molar-refractivity contribution is 0.0930. The molecule has 0 amide bonds. The van der Waals surface area contributed by atoms with Crippen molar-refractivity contribution in [1.29, 1.82) is 0 Å². The van der Waals surface area contributed by atoms with Gasteiger partial charge in [0.05, 0.1) is 11.1 Å². The topological polar surface area (TPSA) is 91.7 Å². The summed E-state index contributed by atoms with van der Waals surface area (Å²) >= 11 is 0. The van der Waals surface area contributed by atoms with Crippen molar-refractivity contribution in [1.82, 2.24) is 0 Å². The SMILES string of the molecule is CC[C@@H]1CC(=O)c2c(cc(O)c3c2C(=O)c2cccc(O)c2C3=O)C1. The van der Waals surface area contributed by atoms with E-state index in [0.717, 1.165) is 6.42 Å². The number of carbonyl (C=O) groups is 3. The Morgan fingerprint density at radius 3 is 2.40 bits per heavy atom. The molecule has 5 nitrogen and oxygen atoms in total. The van der Waals surface area contributed by atoms with E-state index in [1.54, 1.807) is 0 Å². The van der Waals surface area contributed by atoms with Crippen molar-refractivity contribution in [3.05, 3.63) is 57.6 Å². The average Bonchev–Trinajstić information content (AvgIpc) is 2.58. The Labute approximate surface area is 143 Å². The molecule has 0 fully saturated rings. The molecule has 0 unspecified atom stereocenters. The number of ketones is 3. The zero-order chi connectivity index (χ0) is 17.9. The van der Waals surface area contributed by atoms with Crippen molar-refractivity contribution in [3.63, 3.8) is 0 Å². The zero-order valence-corrected chi connectivity index (χ0v) is 13.6. The third kappa shape index (κ3) is 2.05. The Bertz CT molecular complexity index is 971. The molecule has 2 N–H and O–H groups in total. The van der Waals surface area contributed by atoms with Crippen LogP contribution in [0, 0.1) is 5.92 Å². The summed E-state index contributed by atoms with van der Waals surface area (Å²) in [5.74, 6) is -1.76. The van der Waals surface area contributed by atoms with Crippen LogP contribution in [0.2, 0.25) is 0 Å². The Morgan fingerprint density at radius 1 is 0.920 bits per heavy atom. The van der Waals surface area contributed by atoms with Crippen molar-refractivity contribution in [2.45, 2.75) is 26.2 Å². The highest BCUT2D eigenvalue weighted by Crippen LogP contribution is 2.42. The number of hydrogen-bond acceptors (Lipinski definition) is 5. The summed E-state index contributed by atoms with van der Waals surface area (Å²) in [6, 6.07) is 5.68. The minimum absolute atomic E-state index is 0.0161. The third-order valence-electron chi connectivity index (χ3n) is 5.20. The highest BCUT2D eigenvalue weighted by Gasteiger charge is 2.40. The monoisotopic (exact) mass is 336 g/mol. The van der Waals surface area contributed by atoms with Crippen molar-refractivity contribution < 1.29 is 24.6 Å². The molecule has 0 bridgehead atoms. The highest BCUT2D eigenvalue weighted by atomic mass is 16.3. The normalized spacial score (nSPS) is 18.6. The summed E-state index contributed by atoms with van der Waals surface area (Å²) in [6.45, 7) is 1.99. The molecule has 4 rings (SSSR count). The van der Waals surface area contributed by atoms with Crippen LogP contribution in [-0.4, -0.2) is 27.6 Å². The van der Waals surface area contributed by atoms with Crippen LogP contribution in [0.15, 0.2) is 24.3 Å². The van der Waals surface area contributed by atoms with Gasteiger partial charge in [0, 0.05) is 23.1 Å². The number of phenolic OH excluding ortho intramolecular Hbond substituents is 2. The number of phenols is 2. The molecule has 0 spiro atoms. The van der Waals surface area contributed by atoms with Crippen LogP contribution >= 0.6 is 0 Å². The molecular weight excluding hydrogens is 320 g/mol. The Morgan fingerprint density at radius 2 is 1.68 bits per heavy atom. The molecule has 0 aliphatic heterocycles. The molecular formula is C20H16O5. The largest absolute Gasteiger partial charge is 0.507 e. The third-order valence-corrected chi connectivity index (χ3v) is 5.20. The molecule has 0 aromatic heterocycles. The number of hydrogen-bond donors (Lipinski definition) is 2. The van der Waals surface area contributed by atoms with Gasteiger partial charge >= 0.3 is 0 Å². The second-order valence-electron chi connectivity index (χ2n) is 6.64. The maximum atomic E-state index is 13.0. The minimum Gasteiger partial charge on any atom is -0.507 e. The predicted octanol–water partition coefficient (Wildman–Crippen LogP) is 3.03. The number of Topliss-reactive ketones (excluding diaryl/α,β-unsaturated/α-hetero) is 1. The molecule has 0 radical (unpaired) electrons. The van der Waals surface area contributed by atoms with E-state index in [-0.39, 0.29) is 51.0 Å². The van der Waals surface area contributed by atoms with Crippen LogP contribution in [0.3, 0.4) is 0 Å². The van der Waals surface area contributed by atoms with Crippen molar-refractivity contribution >= 4 is 17.3 Å². The van der Waals surface area contributed by atoms with Crippen LogP contribution in [0.1, 0.15) is 67.5 Å². The maximum Gasteiger partial charge on any atom is 0.201 e. The fraction of sp³-hybridized carbons (Fsp3) is 0.250. The van der Waals surface area contributed by atoms with E-state index in [4.69, 9.17) is 0 Å². The van der Waals surface area contributed by atoms with Gasteiger partial charge in [-0.25, -0.2) is 0 Å². The molecule has 5 heteroatoms. The van der Waals surface area contributed by atoms with Crippen LogP contribution < -0.4 is 0 Å². The van der Waals surface area contributed by atoms with E-state index in [9.17, 15) is 24.6 Å². The van der Waals surface area contributed by atoms with Gasteiger partial charge in [0.15, 0.2) is 11.6 Å². The molecule has 0 saturated carbocycles. The van der Waals surface area contributed by atoms with Crippen molar-refractivity contribution in [3.8, 4) is 11.5 Å². The first-order valence-electron chi connectivity index (χ1n) is 8.27. The van der Waals surface area contributed by atoms with Gasteiger partial charge in [-0.1, -0.05) is 25.5 Å². The lowest BCUT2D eigenvalue weighted by Gasteiger charge is -2.28. The van der Waals surface area contributed by atoms with Gasteiger partial charge in [-0.2, -0.15) is 0 Å². The van der Waals surface area contributed by atoms with Crippen LogP contribution in [0.4, 0.5) is 0 Å². The Balaban J connectivity index is 2.03. The van der Waals surface area contributed by atoms with Gasteiger partial charge in [0.2, 0.25) is 5.78 Å². The second kappa shape index (κ2) is 5.28. The van der Waals surface area contributed by atoms with Gasteiger partial charge in [0.1, 0.15) is 11.5 Å². The zero-order valence-electron chi connectivity index (χ0n) is 13.6. The summed E-state index contributed by atoms with van der Waals surface area (Å²) in [5.41, 5.74) is 0.619. The van der Waals surface area contributed by atoms with E-state index < -0.39 is 11.6 Å². The number of aromatic hydroxyl groups is 2. The predicted molar refractivity (Wildman–Crippen MR) is 89.5 cm³/mol. The number of carbonyl (C=O) groups excluding carboxylic acids is 3. The molecule has 0 heterocycles. The summed E-state index contributed by atoms with van der Waals surface area (Å²) in [6.07, 6.45) is 1.74. The Kier molecular flexibility index (Phi) is 3.29. The van der Waals surface area contributed by atoms with E-state index >= 15 is 0 Å². The van der Waals surface area contributed by atoms with Gasteiger partial charge in [0.25, 0.3) is 0 Å². The van der Waals surface area contributed by atoms with Crippen molar-refractivity contribution in [2.75, 3.05) is 0 Å². The quantitative estimate of drug-likeness (QED) is 0.713. The average molecular weight is 336 g/mol. The summed E-state index contributed by atoms with van der Waals surface area (Å²) in [5, 5.41) is 20.4. The lowest BCUT2D eigenvalue weighted by Crippen LogP contribution is -2.28. The van der Waals surface area contributed by atoms with Gasteiger partial charge in [-0.15, -0.1) is 0 Å². The molecule has 2 aromatic rings. The van der Waals surface area contributed by atoms with Crippen molar-refractivity contribution in [2.24, 2.45) is 5.92 Å². The molecule has 126 valence electrons. The number of fused-ring (bicyclic) bond motifs is 4. The van der Waals surface area contributed by atoms with E-state index in [0.29, 0.717) is 18.4 Å². The molecule has 2 aromatic carbocycles. The molecule has 0 saturated heterocycles. The summed E-state index contributed by atoms with van der Waals surface area (Å²) in [7, 11) is 0. The summed E-state index contributed by atoms with van der Waals surface area (Å²) in [4.78, 5) is 38.5. The maximum absolute atomic E-state index is 13.0. The highest BCUT2D eigenvalue weighted by molar-refractivity contribution is 6.32. The fourth-order valence-electron chi connectivity index (χ4n) is 3.92. The molecule has 25 heavy (non-hydrogen) atoms. The second-order valence-corrected chi connectivity index (χ2v) is 6.64. The number of benzene rings is 2. The standard InChI is InChI=1S/C20H16O5/c1-2-9-6-10-8-14(23)17-18(15(10)13(22)7-9)19(24)11-4-3-5-12(21)16(11)20(17)25/h3-5,8-9,21,23H,2,6-7H2,1H3/t9-/m0/s1. The Hall–Kier alpha value is -2.95.